The summed E-state index contributed by atoms with van der Waals surface area (Å²) in [5, 5.41) is 0. The molecule has 0 aliphatic carbocycles. The number of hydrogen-bond acceptors (Lipinski definition) is 5. The topological polar surface area (TPSA) is 55.8 Å². The van der Waals surface area contributed by atoms with E-state index in [4.69, 9.17) is 4.65 Å². The van der Waals surface area contributed by atoms with E-state index in [1.807, 2.05) is 0 Å². The quantitative estimate of drug-likeness (QED) is 0.484. The molecule has 0 fully saturated rings. The molecular weight excluding hydrogens is 209 g/mol. The molecule has 0 saturated heterocycles. The second-order valence-corrected chi connectivity index (χ2v) is 3.73. The Balaban J connectivity index is 3.96. The van der Waals surface area contributed by atoms with Gasteiger partial charge in [-0.05, 0) is 20.8 Å². The Morgan fingerprint density at radius 2 is 1.81 bits per heavy atom. The lowest BCUT2D eigenvalue weighted by Gasteiger charge is -2.16. The standard InChI is InChI=1S/C10H18BNO4/c1-8(2)11(3)16-10(14)7-12(4)6-9(13)15-5/h1,6-7H2,2-5H3. The zero-order chi connectivity index (χ0) is 12.7. The summed E-state index contributed by atoms with van der Waals surface area (Å²) in [5.74, 6) is -0.773. The molecule has 0 saturated carbocycles. The molecule has 16 heavy (non-hydrogen) atoms. The van der Waals surface area contributed by atoms with Crippen molar-refractivity contribution in [2.24, 2.45) is 0 Å². The van der Waals surface area contributed by atoms with Crippen LogP contribution in [0.1, 0.15) is 6.92 Å². The van der Waals surface area contributed by atoms with Gasteiger partial charge in [0.25, 0.3) is 0 Å². The van der Waals surface area contributed by atoms with Gasteiger partial charge in [-0.15, -0.1) is 6.58 Å². The van der Waals surface area contributed by atoms with Crippen LogP contribution in [0.3, 0.4) is 0 Å². The molecule has 0 amide bonds. The van der Waals surface area contributed by atoms with Crippen molar-refractivity contribution in [3.8, 4) is 0 Å². The largest absolute Gasteiger partial charge is 0.531 e. The van der Waals surface area contributed by atoms with Gasteiger partial charge >= 0.3 is 18.9 Å². The first-order chi connectivity index (χ1) is 7.36. The van der Waals surface area contributed by atoms with Gasteiger partial charge in [0, 0.05) is 0 Å². The Labute approximate surface area is 96.5 Å². The van der Waals surface area contributed by atoms with Gasteiger partial charge in [0.05, 0.1) is 20.2 Å². The van der Waals surface area contributed by atoms with Crippen molar-refractivity contribution in [3.05, 3.63) is 12.1 Å². The Kier molecular flexibility index (Phi) is 6.49. The van der Waals surface area contributed by atoms with Gasteiger partial charge in [0.1, 0.15) is 0 Å². The zero-order valence-electron chi connectivity index (χ0n) is 10.3. The fourth-order valence-electron chi connectivity index (χ4n) is 0.896. The number of ether oxygens (including phenoxy) is 1. The summed E-state index contributed by atoms with van der Waals surface area (Å²) < 4.78 is 9.54. The summed E-state index contributed by atoms with van der Waals surface area (Å²) in [6, 6.07) is 0. The van der Waals surface area contributed by atoms with Gasteiger partial charge in [-0.2, -0.15) is 0 Å². The maximum atomic E-state index is 11.4. The summed E-state index contributed by atoms with van der Waals surface area (Å²) in [6.45, 7) is 7.03. The van der Waals surface area contributed by atoms with Crippen LogP contribution in [0.4, 0.5) is 0 Å². The molecule has 0 bridgehead atoms. The number of methoxy groups -OCH3 is 1. The highest BCUT2D eigenvalue weighted by Crippen LogP contribution is 1.99. The number of esters is 1. The van der Waals surface area contributed by atoms with Crippen molar-refractivity contribution in [3.63, 3.8) is 0 Å². The average molecular weight is 227 g/mol. The number of carbonyl (C=O) groups excluding carboxylic acids is 2. The van der Waals surface area contributed by atoms with E-state index in [9.17, 15) is 9.59 Å². The van der Waals surface area contributed by atoms with E-state index in [1.165, 1.54) is 12.0 Å². The van der Waals surface area contributed by atoms with Crippen molar-refractivity contribution in [2.45, 2.75) is 13.7 Å². The second kappa shape index (κ2) is 7.06. The first kappa shape index (κ1) is 14.7. The lowest BCUT2D eigenvalue weighted by atomic mass is 9.64. The number of carbonyl (C=O) groups is 2. The summed E-state index contributed by atoms with van der Waals surface area (Å²) in [4.78, 5) is 23.8. The van der Waals surface area contributed by atoms with Gasteiger partial charge in [-0.3, -0.25) is 14.5 Å². The normalized spacial score (nSPS) is 9.81. The van der Waals surface area contributed by atoms with Crippen LogP contribution in [-0.2, 0) is 19.0 Å². The monoisotopic (exact) mass is 227 g/mol. The third kappa shape index (κ3) is 6.24. The van der Waals surface area contributed by atoms with Gasteiger partial charge in [-0.25, -0.2) is 0 Å². The van der Waals surface area contributed by atoms with E-state index >= 15 is 0 Å². The number of hydrogen-bond donors (Lipinski definition) is 0. The van der Waals surface area contributed by atoms with E-state index in [2.05, 4.69) is 11.3 Å². The maximum absolute atomic E-state index is 11.4. The molecule has 0 radical (unpaired) electrons. The molecule has 0 rings (SSSR count). The van der Waals surface area contributed by atoms with E-state index in [0.29, 0.717) is 0 Å². The van der Waals surface area contributed by atoms with Crippen LogP contribution in [0.2, 0.25) is 6.82 Å². The molecule has 0 unspecified atom stereocenters. The summed E-state index contributed by atoms with van der Waals surface area (Å²) in [6.07, 6.45) is 0. The van der Waals surface area contributed by atoms with Crippen LogP contribution in [0.15, 0.2) is 12.1 Å². The van der Waals surface area contributed by atoms with E-state index in [-0.39, 0.29) is 31.9 Å². The second-order valence-electron chi connectivity index (χ2n) is 3.73. The van der Waals surface area contributed by atoms with Crippen molar-refractivity contribution in [1.29, 1.82) is 0 Å². The Bertz CT molecular complexity index is 280. The molecule has 0 aromatic heterocycles. The minimum Gasteiger partial charge on any atom is -0.531 e. The predicted molar refractivity (Wildman–Crippen MR) is 62.0 cm³/mol. The molecule has 0 atom stereocenters. The van der Waals surface area contributed by atoms with Crippen LogP contribution in [-0.4, -0.2) is 51.0 Å². The van der Waals surface area contributed by atoms with Crippen LogP contribution in [0.5, 0.6) is 0 Å². The van der Waals surface area contributed by atoms with Gasteiger partial charge in [0.2, 0.25) is 0 Å². The van der Waals surface area contributed by atoms with Gasteiger partial charge < -0.3 is 9.39 Å². The highest BCUT2D eigenvalue weighted by atomic mass is 16.5. The molecule has 90 valence electrons. The van der Waals surface area contributed by atoms with Crippen LogP contribution >= 0.6 is 0 Å². The third-order valence-electron chi connectivity index (χ3n) is 2.03. The Morgan fingerprint density at radius 3 is 2.25 bits per heavy atom. The third-order valence-corrected chi connectivity index (χ3v) is 2.03. The average Bonchev–Trinajstić information content (AvgIpc) is 2.16. The Hall–Kier alpha value is -1.30. The summed E-state index contributed by atoms with van der Waals surface area (Å²) in [5.41, 5.74) is 0.781. The molecule has 0 aromatic rings. The predicted octanol–water partition coefficient (Wildman–Crippen LogP) is 0.371. The fraction of sp³-hybridized carbons (Fsp3) is 0.600. The molecule has 0 aliphatic rings. The van der Waals surface area contributed by atoms with Crippen LogP contribution in [0.25, 0.3) is 0 Å². The van der Waals surface area contributed by atoms with Gasteiger partial charge in [-0.1, -0.05) is 5.47 Å². The van der Waals surface area contributed by atoms with Crippen molar-refractivity contribution >= 4 is 18.9 Å². The summed E-state index contributed by atoms with van der Waals surface area (Å²) in [7, 11) is 2.95. The zero-order valence-corrected chi connectivity index (χ0v) is 10.3. The van der Waals surface area contributed by atoms with Crippen molar-refractivity contribution in [2.75, 3.05) is 27.2 Å². The highest BCUT2D eigenvalue weighted by molar-refractivity contribution is 6.60. The molecule has 5 nitrogen and oxygen atoms in total. The molecule has 6 heteroatoms. The fourth-order valence-corrected chi connectivity index (χ4v) is 0.896. The van der Waals surface area contributed by atoms with E-state index < -0.39 is 0 Å². The van der Waals surface area contributed by atoms with E-state index in [0.717, 1.165) is 5.47 Å². The minimum atomic E-state index is -0.387. The number of likely N-dealkylation sites (N-methyl/N-ethyl adjacent to an activating group) is 1. The Morgan fingerprint density at radius 1 is 1.31 bits per heavy atom. The number of allylic oxidation sites excluding steroid dienone is 1. The van der Waals surface area contributed by atoms with Crippen molar-refractivity contribution < 1.29 is 19.0 Å². The first-order valence-electron chi connectivity index (χ1n) is 4.97. The van der Waals surface area contributed by atoms with E-state index in [1.54, 1.807) is 20.8 Å². The SMILES string of the molecule is C=C(C)B(C)OC(=O)CN(C)CC(=O)OC. The van der Waals surface area contributed by atoms with Crippen LogP contribution < -0.4 is 0 Å². The highest BCUT2D eigenvalue weighted by Gasteiger charge is 2.17. The molecule has 0 aliphatic heterocycles. The molecule has 0 aromatic carbocycles. The maximum Gasteiger partial charge on any atom is 0.387 e. The molecular formula is C10H18BNO4. The molecule has 0 N–H and O–H groups in total. The smallest absolute Gasteiger partial charge is 0.387 e. The number of rotatable bonds is 6. The lowest BCUT2D eigenvalue weighted by molar-refractivity contribution is -0.142. The van der Waals surface area contributed by atoms with Crippen LogP contribution in [0, 0.1) is 0 Å². The van der Waals surface area contributed by atoms with Gasteiger partial charge in [0.15, 0.2) is 0 Å². The summed E-state index contributed by atoms with van der Waals surface area (Å²) >= 11 is 0. The lowest BCUT2D eigenvalue weighted by Crippen LogP contribution is -2.34. The first-order valence-corrected chi connectivity index (χ1v) is 4.97. The number of nitrogens with zero attached hydrogens (tertiary/aromatic N) is 1. The molecule has 0 spiro atoms. The van der Waals surface area contributed by atoms with Crippen molar-refractivity contribution in [1.82, 2.24) is 4.90 Å². The molecule has 0 heterocycles. The minimum absolute atomic E-state index is 0.0483.